The molecule has 0 saturated heterocycles. The summed E-state index contributed by atoms with van der Waals surface area (Å²) >= 11 is 6.02. The van der Waals surface area contributed by atoms with Gasteiger partial charge in [-0.1, -0.05) is 66.2 Å². The zero-order valence-corrected chi connectivity index (χ0v) is 21.7. The van der Waals surface area contributed by atoms with Gasteiger partial charge in [-0.25, -0.2) is 12.7 Å². The minimum absolute atomic E-state index is 0.0715. The summed E-state index contributed by atoms with van der Waals surface area (Å²) in [4.78, 5) is 40.7. The second-order valence-corrected chi connectivity index (χ2v) is 10.9. The van der Waals surface area contributed by atoms with Gasteiger partial charge >= 0.3 is 0 Å². The van der Waals surface area contributed by atoms with Gasteiger partial charge in [-0.15, -0.1) is 0 Å². The highest BCUT2D eigenvalue weighted by molar-refractivity contribution is 7.90. The fraction of sp³-hybridized carbons (Fsp3) is 0.222. The second-order valence-electron chi connectivity index (χ2n) is 8.60. The predicted octanol–water partition coefficient (Wildman–Crippen LogP) is 3.26. The molecule has 3 aromatic carbocycles. The van der Waals surface area contributed by atoms with E-state index in [-0.39, 0.29) is 42.3 Å². The van der Waals surface area contributed by atoms with Crippen molar-refractivity contribution in [1.82, 2.24) is 14.5 Å². The molecule has 10 heteroatoms. The lowest BCUT2D eigenvalue weighted by molar-refractivity contribution is -0.141. The van der Waals surface area contributed by atoms with Crippen molar-refractivity contribution in [3.8, 4) is 0 Å². The fourth-order valence-corrected chi connectivity index (χ4v) is 6.00. The summed E-state index contributed by atoms with van der Waals surface area (Å²) in [6, 6.07) is 21.3. The molecule has 0 bridgehead atoms. The van der Waals surface area contributed by atoms with Gasteiger partial charge in [0.15, 0.2) is 0 Å². The molecule has 3 aromatic rings. The molecule has 1 N–H and O–H groups in total. The van der Waals surface area contributed by atoms with E-state index >= 15 is 0 Å². The van der Waals surface area contributed by atoms with Gasteiger partial charge in [-0.2, -0.15) is 0 Å². The van der Waals surface area contributed by atoms with E-state index in [1.807, 2.05) is 30.3 Å². The highest BCUT2D eigenvalue weighted by Crippen LogP contribution is 2.30. The van der Waals surface area contributed by atoms with Crippen molar-refractivity contribution in [3.05, 3.63) is 101 Å². The fourth-order valence-electron chi connectivity index (χ4n) is 4.30. The van der Waals surface area contributed by atoms with Gasteiger partial charge in [0, 0.05) is 38.0 Å². The minimum atomic E-state index is -4.05. The molecule has 1 unspecified atom stereocenters. The number of sulfonamides is 1. The van der Waals surface area contributed by atoms with Crippen LogP contribution in [0.25, 0.3) is 0 Å². The molecular weight excluding hydrogens is 514 g/mol. The molecule has 1 aliphatic heterocycles. The number of rotatable bonds is 9. The molecule has 4 rings (SSSR count). The predicted molar refractivity (Wildman–Crippen MR) is 139 cm³/mol. The average Bonchev–Trinajstić information content (AvgIpc) is 3.10. The largest absolute Gasteiger partial charge is 0.357 e. The molecule has 192 valence electrons. The van der Waals surface area contributed by atoms with Crippen LogP contribution in [-0.4, -0.2) is 55.0 Å². The van der Waals surface area contributed by atoms with Gasteiger partial charge in [-0.3, -0.25) is 14.4 Å². The summed E-state index contributed by atoms with van der Waals surface area (Å²) in [5.41, 5.74) is 1.69. The third kappa shape index (κ3) is 5.68. The molecule has 37 heavy (non-hydrogen) atoms. The molecular formula is C27H26ClN3O5S. The van der Waals surface area contributed by atoms with Crippen molar-refractivity contribution < 1.29 is 22.8 Å². The molecule has 0 aromatic heterocycles. The van der Waals surface area contributed by atoms with Crippen molar-refractivity contribution in [1.29, 1.82) is 0 Å². The van der Waals surface area contributed by atoms with Crippen LogP contribution in [0.15, 0.2) is 83.8 Å². The average molecular weight is 540 g/mol. The highest BCUT2D eigenvalue weighted by atomic mass is 35.5. The SMILES string of the molecule is CNC(=O)C(Cc1ccccc1)N(Cc1ccc(Cl)cc1)C(=O)CCN1C(=O)c2ccccc2S1(=O)=O. The number of nitrogens with zero attached hydrogens (tertiary/aromatic N) is 2. The summed E-state index contributed by atoms with van der Waals surface area (Å²) < 4.78 is 26.6. The van der Waals surface area contributed by atoms with Crippen LogP contribution in [0.4, 0.5) is 0 Å². The van der Waals surface area contributed by atoms with E-state index < -0.39 is 27.9 Å². The quantitative estimate of drug-likeness (QED) is 0.449. The van der Waals surface area contributed by atoms with E-state index in [1.54, 1.807) is 36.4 Å². The van der Waals surface area contributed by atoms with Gasteiger partial charge in [0.25, 0.3) is 15.9 Å². The minimum Gasteiger partial charge on any atom is -0.357 e. The Morgan fingerprint density at radius 1 is 0.946 bits per heavy atom. The molecule has 8 nitrogen and oxygen atoms in total. The van der Waals surface area contributed by atoms with Crippen LogP contribution < -0.4 is 5.32 Å². The number of carbonyl (C=O) groups is 3. The number of likely N-dealkylation sites (N-methyl/N-ethyl adjacent to an activating group) is 1. The number of hydrogen-bond donors (Lipinski definition) is 1. The zero-order valence-electron chi connectivity index (χ0n) is 20.1. The lowest BCUT2D eigenvalue weighted by atomic mass is 10.0. The maximum Gasteiger partial charge on any atom is 0.269 e. The van der Waals surface area contributed by atoms with Gasteiger partial charge in [0.05, 0.1) is 5.56 Å². The van der Waals surface area contributed by atoms with Crippen LogP contribution >= 0.6 is 11.6 Å². The molecule has 0 fully saturated rings. The Morgan fingerprint density at radius 3 is 2.24 bits per heavy atom. The first-order valence-corrected chi connectivity index (χ1v) is 13.5. The summed E-state index contributed by atoms with van der Waals surface area (Å²) in [6.45, 7) is -0.237. The zero-order chi connectivity index (χ0) is 26.6. The Kier molecular flexibility index (Phi) is 7.94. The molecule has 0 spiro atoms. The van der Waals surface area contributed by atoms with Crippen molar-refractivity contribution in [2.75, 3.05) is 13.6 Å². The van der Waals surface area contributed by atoms with E-state index in [9.17, 15) is 22.8 Å². The molecule has 3 amide bonds. The van der Waals surface area contributed by atoms with E-state index in [2.05, 4.69) is 5.32 Å². The van der Waals surface area contributed by atoms with Crippen LogP contribution in [0.3, 0.4) is 0 Å². The lowest BCUT2D eigenvalue weighted by Gasteiger charge is -2.31. The van der Waals surface area contributed by atoms with E-state index in [0.29, 0.717) is 5.02 Å². The normalized spacial score (nSPS) is 14.6. The van der Waals surface area contributed by atoms with Crippen molar-refractivity contribution in [2.45, 2.75) is 30.3 Å². The number of carbonyl (C=O) groups excluding carboxylic acids is 3. The van der Waals surface area contributed by atoms with Crippen LogP contribution in [-0.2, 0) is 32.6 Å². The van der Waals surface area contributed by atoms with Gasteiger partial charge < -0.3 is 10.2 Å². The van der Waals surface area contributed by atoms with Crippen LogP contribution in [0.5, 0.6) is 0 Å². The smallest absolute Gasteiger partial charge is 0.269 e. The van der Waals surface area contributed by atoms with E-state index in [1.165, 1.54) is 24.1 Å². The summed E-state index contributed by atoms with van der Waals surface area (Å²) in [5.74, 6) is -1.48. The number of nitrogens with one attached hydrogen (secondary N) is 1. The number of hydrogen-bond acceptors (Lipinski definition) is 5. The van der Waals surface area contributed by atoms with E-state index in [4.69, 9.17) is 11.6 Å². The highest BCUT2D eigenvalue weighted by Gasteiger charge is 2.41. The standard InChI is InChI=1S/C27H26ClN3O5S/c1-29-26(33)23(17-19-7-3-2-4-8-19)30(18-20-11-13-21(28)14-12-20)25(32)15-16-31-27(34)22-9-5-6-10-24(22)37(31,35)36/h2-14,23H,15-18H2,1H3,(H,29,33). The lowest BCUT2D eigenvalue weighted by Crippen LogP contribution is -2.50. The van der Waals surface area contributed by atoms with Gasteiger partial charge in [-0.05, 0) is 35.4 Å². The summed E-state index contributed by atoms with van der Waals surface area (Å²) in [5, 5.41) is 3.16. The Morgan fingerprint density at radius 2 is 1.59 bits per heavy atom. The molecule has 0 saturated carbocycles. The maximum absolute atomic E-state index is 13.6. The van der Waals surface area contributed by atoms with Gasteiger partial charge in [0.1, 0.15) is 10.9 Å². The third-order valence-corrected chi connectivity index (χ3v) is 8.32. The van der Waals surface area contributed by atoms with Crippen molar-refractivity contribution in [2.24, 2.45) is 0 Å². The van der Waals surface area contributed by atoms with E-state index in [0.717, 1.165) is 15.4 Å². The molecule has 0 aliphatic carbocycles. The Labute approximate surface area is 220 Å². The molecule has 0 radical (unpaired) electrons. The first-order chi connectivity index (χ1) is 17.7. The number of halogens is 1. The maximum atomic E-state index is 13.6. The Balaban J connectivity index is 1.61. The molecule has 1 heterocycles. The summed E-state index contributed by atoms with van der Waals surface area (Å²) in [7, 11) is -2.55. The Bertz CT molecular complexity index is 1410. The third-order valence-electron chi connectivity index (χ3n) is 6.22. The summed E-state index contributed by atoms with van der Waals surface area (Å²) in [6.07, 6.45) is -0.0267. The topological polar surface area (TPSA) is 104 Å². The second kappa shape index (κ2) is 11.1. The van der Waals surface area contributed by atoms with Crippen molar-refractivity contribution >= 4 is 39.3 Å². The van der Waals surface area contributed by atoms with Gasteiger partial charge in [0.2, 0.25) is 11.8 Å². The molecule has 1 atom stereocenters. The first-order valence-electron chi connectivity index (χ1n) is 11.7. The molecule has 1 aliphatic rings. The monoisotopic (exact) mass is 539 g/mol. The van der Waals surface area contributed by atoms with Crippen molar-refractivity contribution in [3.63, 3.8) is 0 Å². The van der Waals surface area contributed by atoms with Crippen LogP contribution in [0.2, 0.25) is 5.02 Å². The number of fused-ring (bicyclic) bond motifs is 1. The number of benzene rings is 3. The van der Waals surface area contributed by atoms with Crippen LogP contribution in [0, 0.1) is 0 Å². The number of amides is 3. The Hall–Kier alpha value is -3.69. The first kappa shape index (κ1) is 26.4. The van der Waals surface area contributed by atoms with Crippen LogP contribution in [0.1, 0.15) is 27.9 Å².